The van der Waals surface area contributed by atoms with E-state index in [1.807, 2.05) is 6.07 Å². The van der Waals surface area contributed by atoms with Crippen molar-refractivity contribution >= 4 is 17.9 Å². The molecular weight excluding hydrogens is 364 g/mol. The van der Waals surface area contributed by atoms with Crippen molar-refractivity contribution in [1.29, 1.82) is 5.26 Å². The number of hydrogen-bond donors (Lipinski definition) is 0. The van der Waals surface area contributed by atoms with E-state index in [4.69, 9.17) is 0 Å². The molecule has 1 atom stereocenters. The highest BCUT2D eigenvalue weighted by Gasteiger charge is 2.39. The number of likely N-dealkylation sites (N-methyl/N-ethyl adjacent to an activating group) is 2. The normalized spacial score (nSPS) is 18.5. The predicted molar refractivity (Wildman–Crippen MR) is 98.5 cm³/mol. The van der Waals surface area contributed by atoms with Gasteiger partial charge in [0, 0.05) is 26.1 Å². The van der Waals surface area contributed by atoms with Crippen molar-refractivity contribution < 1.29 is 18.4 Å². The van der Waals surface area contributed by atoms with E-state index >= 15 is 0 Å². The number of nitriles is 1. The molecule has 0 N–H and O–H groups in total. The summed E-state index contributed by atoms with van der Waals surface area (Å²) in [6.45, 7) is 0. The van der Waals surface area contributed by atoms with Gasteiger partial charge in [-0.25, -0.2) is 8.78 Å². The van der Waals surface area contributed by atoms with E-state index in [9.17, 15) is 23.6 Å². The Balaban J connectivity index is 1.95. The number of piperazine rings is 1. The van der Waals surface area contributed by atoms with Crippen LogP contribution in [0, 0.1) is 23.0 Å². The van der Waals surface area contributed by atoms with Gasteiger partial charge in [-0.1, -0.05) is 18.2 Å². The maximum atomic E-state index is 14.2. The first-order valence-electron chi connectivity index (χ1n) is 8.53. The van der Waals surface area contributed by atoms with Crippen LogP contribution in [0.1, 0.15) is 16.7 Å². The summed E-state index contributed by atoms with van der Waals surface area (Å²) in [5.74, 6) is -1.87. The maximum absolute atomic E-state index is 14.2. The van der Waals surface area contributed by atoms with Crippen LogP contribution in [-0.4, -0.2) is 41.8 Å². The molecule has 142 valence electrons. The molecule has 2 aromatic carbocycles. The average molecular weight is 381 g/mol. The van der Waals surface area contributed by atoms with Crippen LogP contribution >= 0.6 is 0 Å². The van der Waals surface area contributed by atoms with Gasteiger partial charge in [-0.3, -0.25) is 9.59 Å². The number of nitrogens with zero attached hydrogens (tertiary/aromatic N) is 3. The Morgan fingerprint density at radius 1 is 1.11 bits per heavy atom. The highest BCUT2D eigenvalue weighted by molar-refractivity contribution is 6.07. The Morgan fingerprint density at radius 2 is 1.79 bits per heavy atom. The molecule has 5 nitrogen and oxygen atoms in total. The van der Waals surface area contributed by atoms with Crippen LogP contribution in [0.25, 0.3) is 6.08 Å². The molecule has 28 heavy (non-hydrogen) atoms. The van der Waals surface area contributed by atoms with Gasteiger partial charge in [0.2, 0.25) is 5.91 Å². The molecule has 1 unspecified atom stereocenters. The van der Waals surface area contributed by atoms with Gasteiger partial charge in [-0.15, -0.1) is 0 Å². The van der Waals surface area contributed by atoms with E-state index in [0.717, 1.165) is 0 Å². The summed E-state index contributed by atoms with van der Waals surface area (Å²) >= 11 is 0. The number of carbonyl (C=O) groups excluding carboxylic acids is 2. The molecule has 0 radical (unpaired) electrons. The average Bonchev–Trinajstić information content (AvgIpc) is 2.69. The minimum Gasteiger partial charge on any atom is -0.328 e. The van der Waals surface area contributed by atoms with Gasteiger partial charge in [-0.05, 0) is 35.9 Å². The Bertz CT molecular complexity index is 1010. The lowest BCUT2D eigenvalue weighted by Gasteiger charge is -2.38. The predicted octanol–water partition coefficient (Wildman–Crippen LogP) is 2.72. The molecule has 0 bridgehead atoms. The van der Waals surface area contributed by atoms with E-state index in [2.05, 4.69) is 0 Å². The van der Waals surface area contributed by atoms with Gasteiger partial charge in [0.1, 0.15) is 23.4 Å². The fourth-order valence-electron chi connectivity index (χ4n) is 3.12. The van der Waals surface area contributed by atoms with Gasteiger partial charge in [0.25, 0.3) is 5.91 Å². The lowest BCUT2D eigenvalue weighted by molar-refractivity contribution is -0.148. The third-order valence-electron chi connectivity index (χ3n) is 4.78. The van der Waals surface area contributed by atoms with Crippen LogP contribution in [0.5, 0.6) is 0 Å². The van der Waals surface area contributed by atoms with E-state index in [1.54, 1.807) is 12.1 Å². The zero-order chi connectivity index (χ0) is 20.4. The van der Waals surface area contributed by atoms with E-state index in [0.29, 0.717) is 5.56 Å². The number of halogens is 2. The quantitative estimate of drug-likeness (QED) is 0.768. The fraction of sp³-hybridized carbons (Fsp3) is 0.190. The zero-order valence-electron chi connectivity index (χ0n) is 15.3. The largest absolute Gasteiger partial charge is 0.328 e. The topological polar surface area (TPSA) is 64.4 Å². The Morgan fingerprint density at radius 3 is 2.43 bits per heavy atom. The molecule has 1 aliphatic heterocycles. The van der Waals surface area contributed by atoms with Gasteiger partial charge in [0.15, 0.2) is 0 Å². The molecule has 1 fully saturated rings. The second kappa shape index (κ2) is 7.61. The number of rotatable bonds is 3. The molecule has 0 spiro atoms. The van der Waals surface area contributed by atoms with Crippen LogP contribution in [-0.2, 0) is 16.0 Å². The standard InChI is InChI=1S/C21H17F2N3O2/c1-25-18(10-13-6-8-15(22)9-7-13)20(27)26(2)19(21(25)28)11-16-14(12-24)4-3-5-17(16)23/h3-9,11,18H,10H2,1-2H3/b19-11+. The molecule has 1 aliphatic rings. The summed E-state index contributed by atoms with van der Waals surface area (Å²) in [5, 5.41) is 9.19. The van der Waals surface area contributed by atoms with E-state index in [-0.39, 0.29) is 35.0 Å². The SMILES string of the molecule is CN1C(=O)C(Cc2ccc(F)cc2)N(C)C(=O)/C1=C\c1c(F)cccc1C#N. The van der Waals surface area contributed by atoms with Crippen LogP contribution in [0.15, 0.2) is 48.2 Å². The number of amides is 2. The van der Waals surface area contributed by atoms with Crippen LogP contribution < -0.4 is 0 Å². The van der Waals surface area contributed by atoms with Crippen molar-refractivity contribution in [3.05, 3.63) is 76.5 Å². The van der Waals surface area contributed by atoms with Crippen molar-refractivity contribution in [2.75, 3.05) is 14.1 Å². The molecule has 3 rings (SSSR count). The minimum absolute atomic E-state index is 0.0237. The van der Waals surface area contributed by atoms with Crippen molar-refractivity contribution in [2.45, 2.75) is 12.5 Å². The first-order valence-corrected chi connectivity index (χ1v) is 8.53. The van der Waals surface area contributed by atoms with Crippen molar-refractivity contribution in [3.8, 4) is 6.07 Å². The molecule has 0 aliphatic carbocycles. The Labute approximate surface area is 161 Å². The maximum Gasteiger partial charge on any atom is 0.271 e. The van der Waals surface area contributed by atoms with Gasteiger partial charge >= 0.3 is 0 Å². The van der Waals surface area contributed by atoms with Crippen molar-refractivity contribution in [1.82, 2.24) is 9.80 Å². The molecular formula is C21H17F2N3O2. The molecule has 2 aromatic rings. The summed E-state index contributed by atoms with van der Waals surface area (Å²) < 4.78 is 27.3. The van der Waals surface area contributed by atoms with Crippen molar-refractivity contribution in [2.24, 2.45) is 0 Å². The second-order valence-corrected chi connectivity index (χ2v) is 6.50. The molecule has 0 saturated carbocycles. The Kier molecular flexibility index (Phi) is 5.23. The third-order valence-corrected chi connectivity index (χ3v) is 4.78. The lowest BCUT2D eigenvalue weighted by atomic mass is 9.99. The summed E-state index contributed by atoms with van der Waals surface area (Å²) in [6.07, 6.45) is 1.45. The molecule has 1 heterocycles. The van der Waals surface area contributed by atoms with Gasteiger partial charge < -0.3 is 9.80 Å². The van der Waals surface area contributed by atoms with Crippen LogP contribution in [0.2, 0.25) is 0 Å². The smallest absolute Gasteiger partial charge is 0.271 e. The highest BCUT2D eigenvalue weighted by atomic mass is 19.1. The zero-order valence-corrected chi connectivity index (χ0v) is 15.3. The molecule has 0 aromatic heterocycles. The molecule has 7 heteroatoms. The summed E-state index contributed by atoms with van der Waals surface area (Å²) in [6, 6.07) is 10.8. The monoisotopic (exact) mass is 381 g/mol. The minimum atomic E-state index is -0.767. The van der Waals surface area contributed by atoms with Crippen LogP contribution in [0.3, 0.4) is 0 Å². The summed E-state index contributed by atoms with van der Waals surface area (Å²) in [4.78, 5) is 28.2. The molecule has 2 amide bonds. The number of hydrogen-bond acceptors (Lipinski definition) is 3. The van der Waals surface area contributed by atoms with Gasteiger partial charge in [0.05, 0.1) is 11.6 Å². The fourth-order valence-corrected chi connectivity index (χ4v) is 3.12. The highest BCUT2D eigenvalue weighted by Crippen LogP contribution is 2.25. The summed E-state index contributed by atoms with van der Waals surface area (Å²) in [7, 11) is 2.92. The summed E-state index contributed by atoms with van der Waals surface area (Å²) in [5.41, 5.74) is 0.709. The van der Waals surface area contributed by atoms with Gasteiger partial charge in [-0.2, -0.15) is 5.26 Å². The lowest BCUT2D eigenvalue weighted by Crippen LogP contribution is -2.56. The third kappa shape index (κ3) is 3.49. The van der Waals surface area contributed by atoms with E-state index in [1.165, 1.54) is 60.3 Å². The first kappa shape index (κ1) is 19.2. The van der Waals surface area contributed by atoms with E-state index < -0.39 is 17.8 Å². The number of benzene rings is 2. The van der Waals surface area contributed by atoms with Crippen molar-refractivity contribution in [3.63, 3.8) is 0 Å². The molecule has 1 saturated heterocycles. The number of carbonyl (C=O) groups is 2. The first-order chi connectivity index (χ1) is 13.3. The van der Waals surface area contributed by atoms with Crippen LogP contribution in [0.4, 0.5) is 8.78 Å². The Hall–Kier alpha value is -3.53. The second-order valence-electron chi connectivity index (χ2n) is 6.50.